The summed E-state index contributed by atoms with van der Waals surface area (Å²) in [6, 6.07) is 8.46. The van der Waals surface area contributed by atoms with Crippen LogP contribution in [0.25, 0.3) is 0 Å². The van der Waals surface area contributed by atoms with Gasteiger partial charge >= 0.3 is 5.97 Å². The van der Waals surface area contributed by atoms with Crippen LogP contribution in [0.15, 0.2) is 36.5 Å². The van der Waals surface area contributed by atoms with Crippen LogP contribution in [0.3, 0.4) is 0 Å². The Kier molecular flexibility index (Phi) is 5.00. The number of anilines is 1. The normalized spacial score (nSPS) is 10.2. The molecule has 110 valence electrons. The second-order valence-electron chi connectivity index (χ2n) is 4.28. The van der Waals surface area contributed by atoms with Gasteiger partial charge in [0.25, 0.3) is 0 Å². The van der Waals surface area contributed by atoms with Crippen molar-refractivity contribution in [2.24, 2.45) is 0 Å². The topological polar surface area (TPSA) is 74.4 Å². The molecule has 0 atom stereocenters. The number of nitrogens with zero attached hydrogens (tertiary/aromatic N) is 1. The van der Waals surface area contributed by atoms with Crippen molar-refractivity contribution in [3.8, 4) is 11.6 Å². The highest BCUT2D eigenvalue weighted by atomic mass is 35.5. The number of ether oxygens (including phenoxy) is 2. The van der Waals surface area contributed by atoms with E-state index in [0.717, 1.165) is 5.56 Å². The average molecular weight is 307 g/mol. The summed E-state index contributed by atoms with van der Waals surface area (Å²) in [5.74, 6) is 0.563. The second kappa shape index (κ2) is 6.95. The van der Waals surface area contributed by atoms with E-state index in [1.165, 1.54) is 6.20 Å². The van der Waals surface area contributed by atoms with Gasteiger partial charge in [-0.05, 0) is 30.7 Å². The first-order valence-electron chi connectivity index (χ1n) is 6.42. The summed E-state index contributed by atoms with van der Waals surface area (Å²) in [7, 11) is 0. The summed E-state index contributed by atoms with van der Waals surface area (Å²) in [5.41, 5.74) is 6.87. The molecule has 5 nitrogen and oxygen atoms in total. The van der Waals surface area contributed by atoms with Crippen molar-refractivity contribution in [3.05, 3.63) is 47.1 Å². The summed E-state index contributed by atoms with van der Waals surface area (Å²) in [6.07, 6.45) is 1.67. The van der Waals surface area contributed by atoms with Gasteiger partial charge in [0.15, 0.2) is 0 Å². The van der Waals surface area contributed by atoms with Crippen molar-refractivity contribution < 1.29 is 14.3 Å². The molecule has 0 fully saturated rings. The Labute approximate surface area is 127 Å². The van der Waals surface area contributed by atoms with Crippen LogP contribution in [0.2, 0.25) is 5.02 Å². The Morgan fingerprint density at radius 2 is 2.14 bits per heavy atom. The molecule has 0 unspecified atom stereocenters. The third-order valence-electron chi connectivity index (χ3n) is 2.62. The number of pyridine rings is 1. The fourth-order valence-corrected chi connectivity index (χ4v) is 1.92. The van der Waals surface area contributed by atoms with Crippen LogP contribution in [0, 0.1) is 0 Å². The number of nitrogen functional groups attached to an aromatic ring is 1. The number of benzene rings is 1. The van der Waals surface area contributed by atoms with E-state index in [4.69, 9.17) is 26.8 Å². The van der Waals surface area contributed by atoms with Crippen LogP contribution in [-0.4, -0.2) is 17.6 Å². The molecular weight excluding hydrogens is 292 g/mol. The van der Waals surface area contributed by atoms with Crippen LogP contribution in [0.5, 0.6) is 11.6 Å². The number of rotatable bonds is 5. The predicted molar refractivity (Wildman–Crippen MR) is 80.5 cm³/mol. The molecule has 0 saturated heterocycles. The first-order chi connectivity index (χ1) is 10.1. The second-order valence-corrected chi connectivity index (χ2v) is 4.69. The third kappa shape index (κ3) is 4.36. The zero-order valence-electron chi connectivity index (χ0n) is 11.5. The number of carbonyl (C=O) groups excluding carboxylic acids is 1. The summed E-state index contributed by atoms with van der Waals surface area (Å²) in [4.78, 5) is 15.4. The Bertz CT molecular complexity index is 629. The number of nitrogens with two attached hydrogens (primary N) is 1. The van der Waals surface area contributed by atoms with E-state index in [1.54, 1.807) is 37.3 Å². The Morgan fingerprint density at radius 1 is 1.33 bits per heavy atom. The monoisotopic (exact) mass is 306 g/mol. The maximum Gasteiger partial charge on any atom is 0.310 e. The van der Waals surface area contributed by atoms with Gasteiger partial charge in [0, 0.05) is 6.07 Å². The molecule has 1 aromatic heterocycles. The van der Waals surface area contributed by atoms with Gasteiger partial charge in [-0.15, -0.1) is 0 Å². The van der Waals surface area contributed by atoms with Crippen molar-refractivity contribution in [2.45, 2.75) is 13.3 Å². The van der Waals surface area contributed by atoms with Gasteiger partial charge in [0.2, 0.25) is 5.88 Å². The molecule has 0 spiro atoms. The molecule has 2 N–H and O–H groups in total. The Hall–Kier alpha value is -2.27. The fraction of sp³-hybridized carbons (Fsp3) is 0.200. The van der Waals surface area contributed by atoms with E-state index in [0.29, 0.717) is 28.9 Å². The largest absolute Gasteiger partial charge is 0.466 e. The molecule has 0 saturated carbocycles. The van der Waals surface area contributed by atoms with Crippen LogP contribution >= 0.6 is 11.6 Å². The van der Waals surface area contributed by atoms with E-state index in [1.807, 2.05) is 0 Å². The maximum absolute atomic E-state index is 11.4. The first kappa shape index (κ1) is 15.1. The lowest BCUT2D eigenvalue weighted by Gasteiger charge is -2.08. The van der Waals surface area contributed by atoms with Gasteiger partial charge in [0.05, 0.1) is 29.9 Å². The number of halogens is 1. The molecule has 2 aromatic rings. The minimum absolute atomic E-state index is 0.175. The van der Waals surface area contributed by atoms with E-state index < -0.39 is 0 Å². The highest BCUT2D eigenvalue weighted by Crippen LogP contribution is 2.29. The molecule has 1 aromatic carbocycles. The van der Waals surface area contributed by atoms with Gasteiger partial charge in [-0.1, -0.05) is 17.7 Å². The molecule has 0 aliphatic carbocycles. The molecular formula is C15H15ClN2O3. The number of carbonyl (C=O) groups is 1. The molecule has 6 heteroatoms. The molecule has 21 heavy (non-hydrogen) atoms. The minimum atomic E-state index is -0.289. The zero-order chi connectivity index (χ0) is 15.2. The molecule has 0 aliphatic rings. The Balaban J connectivity index is 2.08. The third-order valence-corrected chi connectivity index (χ3v) is 2.92. The van der Waals surface area contributed by atoms with Crippen LogP contribution < -0.4 is 10.5 Å². The van der Waals surface area contributed by atoms with Crippen molar-refractivity contribution in [3.63, 3.8) is 0 Å². The SMILES string of the molecule is CCOC(=O)Cc1ccc(Oc2ccc(N)cn2)c(Cl)c1. The van der Waals surface area contributed by atoms with E-state index in [2.05, 4.69) is 4.98 Å². The highest BCUT2D eigenvalue weighted by Gasteiger charge is 2.09. The summed E-state index contributed by atoms with van der Waals surface area (Å²) < 4.78 is 10.4. The molecule has 0 amide bonds. The molecule has 0 bridgehead atoms. The summed E-state index contributed by atoms with van der Waals surface area (Å²) in [6.45, 7) is 2.12. The maximum atomic E-state index is 11.4. The fourth-order valence-electron chi connectivity index (χ4n) is 1.68. The number of aromatic nitrogens is 1. The van der Waals surface area contributed by atoms with Crippen LogP contribution in [0.4, 0.5) is 5.69 Å². The lowest BCUT2D eigenvalue weighted by atomic mass is 10.1. The van der Waals surface area contributed by atoms with E-state index in [9.17, 15) is 4.79 Å². The molecule has 2 rings (SSSR count). The standard InChI is InChI=1S/C15H15ClN2O3/c1-2-20-15(19)8-10-3-5-13(12(16)7-10)21-14-6-4-11(17)9-18-14/h3-7,9H,2,8,17H2,1H3. The van der Waals surface area contributed by atoms with Crippen LogP contribution in [0.1, 0.15) is 12.5 Å². The van der Waals surface area contributed by atoms with Crippen molar-refractivity contribution >= 4 is 23.3 Å². The summed E-state index contributed by atoms with van der Waals surface area (Å²) >= 11 is 6.14. The number of esters is 1. The highest BCUT2D eigenvalue weighted by molar-refractivity contribution is 6.32. The van der Waals surface area contributed by atoms with Gasteiger partial charge in [-0.25, -0.2) is 4.98 Å². The lowest BCUT2D eigenvalue weighted by Crippen LogP contribution is -2.07. The molecule has 0 aliphatic heterocycles. The predicted octanol–water partition coefficient (Wildman–Crippen LogP) is 3.22. The van der Waals surface area contributed by atoms with Crippen molar-refractivity contribution in [2.75, 3.05) is 12.3 Å². The van der Waals surface area contributed by atoms with E-state index >= 15 is 0 Å². The molecule has 0 radical (unpaired) electrons. The minimum Gasteiger partial charge on any atom is -0.466 e. The first-order valence-corrected chi connectivity index (χ1v) is 6.79. The molecule has 1 heterocycles. The van der Waals surface area contributed by atoms with Crippen LogP contribution in [-0.2, 0) is 16.0 Å². The quantitative estimate of drug-likeness (QED) is 0.858. The van der Waals surface area contributed by atoms with Crippen molar-refractivity contribution in [1.82, 2.24) is 4.98 Å². The Morgan fingerprint density at radius 3 is 2.76 bits per heavy atom. The smallest absolute Gasteiger partial charge is 0.310 e. The number of hydrogen-bond acceptors (Lipinski definition) is 5. The number of hydrogen-bond donors (Lipinski definition) is 1. The zero-order valence-corrected chi connectivity index (χ0v) is 12.3. The van der Waals surface area contributed by atoms with E-state index in [-0.39, 0.29) is 12.4 Å². The van der Waals surface area contributed by atoms with Gasteiger partial charge in [-0.2, -0.15) is 0 Å². The van der Waals surface area contributed by atoms with Crippen molar-refractivity contribution in [1.29, 1.82) is 0 Å². The van der Waals surface area contributed by atoms with Gasteiger partial charge < -0.3 is 15.2 Å². The summed E-state index contributed by atoms with van der Waals surface area (Å²) in [5, 5.41) is 0.399. The van der Waals surface area contributed by atoms with Gasteiger partial charge in [-0.3, -0.25) is 4.79 Å². The van der Waals surface area contributed by atoms with Gasteiger partial charge in [0.1, 0.15) is 5.75 Å². The average Bonchev–Trinajstić information content (AvgIpc) is 2.44. The lowest BCUT2D eigenvalue weighted by molar-refractivity contribution is -0.142.